The van der Waals surface area contributed by atoms with E-state index in [2.05, 4.69) is 5.32 Å². The van der Waals surface area contributed by atoms with Crippen LogP contribution in [-0.2, 0) is 27.7 Å². The van der Waals surface area contributed by atoms with E-state index in [0.717, 1.165) is 17.4 Å². The van der Waals surface area contributed by atoms with Crippen LogP contribution in [-0.4, -0.2) is 43.2 Å². The first kappa shape index (κ1) is 20.4. The molecule has 1 heterocycles. The number of nitrogens with zero attached hydrogens (tertiary/aromatic N) is 1. The van der Waals surface area contributed by atoms with Crippen LogP contribution < -0.4 is 5.32 Å². The molecular formula is C20H21ClN2O4S. The van der Waals surface area contributed by atoms with Gasteiger partial charge in [0, 0.05) is 29.9 Å². The van der Waals surface area contributed by atoms with Crippen molar-refractivity contribution in [3.63, 3.8) is 0 Å². The van der Waals surface area contributed by atoms with E-state index in [1.165, 1.54) is 4.90 Å². The zero-order valence-electron chi connectivity index (χ0n) is 15.4. The molecule has 0 radical (unpaired) electrons. The highest BCUT2D eigenvalue weighted by Crippen LogP contribution is 2.26. The van der Waals surface area contributed by atoms with Gasteiger partial charge >= 0.3 is 0 Å². The first-order valence-corrected chi connectivity index (χ1v) is 11.3. The van der Waals surface area contributed by atoms with Crippen molar-refractivity contribution in [2.75, 3.05) is 12.0 Å². The average molecular weight is 421 g/mol. The molecule has 2 amide bonds. The van der Waals surface area contributed by atoms with Crippen LogP contribution in [0.2, 0.25) is 5.02 Å². The average Bonchev–Trinajstić information content (AvgIpc) is 2.97. The molecule has 2 aromatic carbocycles. The van der Waals surface area contributed by atoms with E-state index in [-0.39, 0.29) is 37.1 Å². The van der Waals surface area contributed by atoms with Crippen molar-refractivity contribution in [2.45, 2.75) is 25.6 Å². The van der Waals surface area contributed by atoms with Crippen molar-refractivity contribution in [1.29, 1.82) is 0 Å². The highest BCUT2D eigenvalue weighted by Gasteiger charge is 2.36. The second-order valence-electron chi connectivity index (χ2n) is 6.87. The molecule has 8 heteroatoms. The molecule has 2 aromatic rings. The van der Waals surface area contributed by atoms with Crippen molar-refractivity contribution in [3.05, 3.63) is 70.2 Å². The van der Waals surface area contributed by atoms with Gasteiger partial charge in [-0.1, -0.05) is 41.9 Å². The van der Waals surface area contributed by atoms with Gasteiger partial charge in [0.2, 0.25) is 5.91 Å². The molecule has 1 aliphatic heterocycles. The SMILES string of the molecule is CS(=O)(=O)CC[C@H](C(=O)NCc1ccc(Cl)cc1)N1Cc2ccccc2C1=O. The molecule has 0 bridgehead atoms. The van der Waals surface area contributed by atoms with Crippen molar-refractivity contribution < 1.29 is 18.0 Å². The molecule has 0 saturated heterocycles. The first-order valence-electron chi connectivity index (χ1n) is 8.83. The fourth-order valence-electron chi connectivity index (χ4n) is 3.19. The zero-order valence-corrected chi connectivity index (χ0v) is 17.0. The minimum Gasteiger partial charge on any atom is -0.350 e. The summed E-state index contributed by atoms with van der Waals surface area (Å²) in [6, 6.07) is 13.4. The van der Waals surface area contributed by atoms with Crippen molar-refractivity contribution in [3.8, 4) is 0 Å². The first-order chi connectivity index (χ1) is 13.2. The Morgan fingerprint density at radius 1 is 1.18 bits per heavy atom. The quantitative estimate of drug-likeness (QED) is 0.745. The number of hydrogen-bond acceptors (Lipinski definition) is 4. The van der Waals surface area contributed by atoms with E-state index >= 15 is 0 Å². The summed E-state index contributed by atoms with van der Waals surface area (Å²) in [6.45, 7) is 0.554. The molecule has 0 spiro atoms. The van der Waals surface area contributed by atoms with E-state index < -0.39 is 15.9 Å². The molecule has 0 fully saturated rings. The molecule has 0 unspecified atom stereocenters. The fraction of sp³-hybridized carbons (Fsp3) is 0.300. The Morgan fingerprint density at radius 2 is 1.86 bits per heavy atom. The van der Waals surface area contributed by atoms with Gasteiger partial charge in [0.1, 0.15) is 15.9 Å². The predicted octanol–water partition coefficient (Wildman–Crippen LogP) is 2.42. The number of fused-ring (bicyclic) bond motifs is 1. The highest BCUT2D eigenvalue weighted by molar-refractivity contribution is 7.90. The van der Waals surface area contributed by atoms with Crippen LogP contribution in [0, 0.1) is 0 Å². The number of hydrogen-bond donors (Lipinski definition) is 1. The molecule has 1 atom stereocenters. The highest BCUT2D eigenvalue weighted by atomic mass is 35.5. The molecular weight excluding hydrogens is 400 g/mol. The van der Waals surface area contributed by atoms with Crippen LogP contribution >= 0.6 is 11.6 Å². The molecule has 0 aromatic heterocycles. The van der Waals surface area contributed by atoms with E-state index in [9.17, 15) is 18.0 Å². The third-order valence-corrected chi connectivity index (χ3v) is 5.90. The number of sulfone groups is 1. The Balaban J connectivity index is 1.76. The number of halogens is 1. The number of carbonyl (C=O) groups excluding carboxylic acids is 2. The predicted molar refractivity (Wildman–Crippen MR) is 108 cm³/mol. The van der Waals surface area contributed by atoms with Crippen LogP contribution in [0.25, 0.3) is 0 Å². The van der Waals surface area contributed by atoms with Crippen LogP contribution in [0.3, 0.4) is 0 Å². The summed E-state index contributed by atoms with van der Waals surface area (Å²) < 4.78 is 23.3. The van der Waals surface area contributed by atoms with Gasteiger partial charge < -0.3 is 10.2 Å². The van der Waals surface area contributed by atoms with Gasteiger partial charge in [0.25, 0.3) is 5.91 Å². The van der Waals surface area contributed by atoms with Crippen LogP contribution in [0.15, 0.2) is 48.5 Å². The smallest absolute Gasteiger partial charge is 0.255 e. The number of amides is 2. The fourth-order valence-corrected chi connectivity index (χ4v) is 3.97. The van der Waals surface area contributed by atoms with Gasteiger partial charge in [-0.2, -0.15) is 0 Å². The monoisotopic (exact) mass is 420 g/mol. The summed E-state index contributed by atoms with van der Waals surface area (Å²) in [6.07, 6.45) is 1.17. The van der Waals surface area contributed by atoms with Gasteiger partial charge in [-0.25, -0.2) is 8.42 Å². The zero-order chi connectivity index (χ0) is 20.3. The van der Waals surface area contributed by atoms with E-state index in [4.69, 9.17) is 11.6 Å². The molecule has 3 rings (SSSR count). The van der Waals surface area contributed by atoms with E-state index in [0.29, 0.717) is 10.6 Å². The topological polar surface area (TPSA) is 83.6 Å². The van der Waals surface area contributed by atoms with Gasteiger partial charge in [-0.15, -0.1) is 0 Å². The molecule has 0 aliphatic carbocycles. The summed E-state index contributed by atoms with van der Waals surface area (Å²) in [5.41, 5.74) is 2.25. The second kappa shape index (κ2) is 8.32. The lowest BCUT2D eigenvalue weighted by Gasteiger charge is -2.26. The van der Waals surface area contributed by atoms with Gasteiger partial charge in [-0.3, -0.25) is 9.59 Å². The number of benzene rings is 2. The second-order valence-corrected chi connectivity index (χ2v) is 9.57. The van der Waals surface area contributed by atoms with Crippen LogP contribution in [0.5, 0.6) is 0 Å². The lowest BCUT2D eigenvalue weighted by molar-refractivity contribution is -0.126. The maximum Gasteiger partial charge on any atom is 0.255 e. The molecule has 148 valence electrons. The maximum absolute atomic E-state index is 12.9. The van der Waals surface area contributed by atoms with Crippen molar-refractivity contribution >= 4 is 33.3 Å². The summed E-state index contributed by atoms with van der Waals surface area (Å²) in [4.78, 5) is 27.1. The Morgan fingerprint density at radius 3 is 2.50 bits per heavy atom. The lowest BCUT2D eigenvalue weighted by Crippen LogP contribution is -2.47. The largest absolute Gasteiger partial charge is 0.350 e. The Labute approximate surface area is 169 Å². The van der Waals surface area contributed by atoms with Crippen LogP contribution in [0.4, 0.5) is 0 Å². The number of nitrogens with one attached hydrogen (secondary N) is 1. The lowest BCUT2D eigenvalue weighted by atomic mass is 10.1. The summed E-state index contributed by atoms with van der Waals surface area (Å²) in [5, 5.41) is 3.41. The molecule has 0 saturated carbocycles. The van der Waals surface area contributed by atoms with E-state index in [1.54, 1.807) is 36.4 Å². The van der Waals surface area contributed by atoms with Gasteiger partial charge in [0.05, 0.1) is 5.75 Å². The van der Waals surface area contributed by atoms with Crippen LogP contribution in [0.1, 0.15) is 27.9 Å². The van der Waals surface area contributed by atoms with Crippen molar-refractivity contribution in [1.82, 2.24) is 10.2 Å². The molecule has 1 aliphatic rings. The van der Waals surface area contributed by atoms with E-state index in [1.807, 2.05) is 12.1 Å². The molecule has 1 N–H and O–H groups in total. The molecule has 6 nitrogen and oxygen atoms in total. The molecule has 28 heavy (non-hydrogen) atoms. The Bertz CT molecular complexity index is 990. The normalized spacial score (nSPS) is 14.6. The Hall–Kier alpha value is -2.38. The minimum atomic E-state index is -3.27. The Kier molecular flexibility index (Phi) is 6.05. The standard InChI is InChI=1S/C20H21ClN2O4S/c1-28(26,27)11-10-18(19(24)22-12-14-6-8-16(21)9-7-14)23-13-15-4-2-3-5-17(15)20(23)25/h2-9,18H,10-13H2,1H3,(H,22,24)/t18-/m1/s1. The minimum absolute atomic E-state index is 0.0466. The van der Waals surface area contributed by atoms with Gasteiger partial charge in [-0.05, 0) is 35.7 Å². The summed E-state index contributed by atoms with van der Waals surface area (Å²) in [7, 11) is -3.27. The van der Waals surface area contributed by atoms with Gasteiger partial charge in [0.15, 0.2) is 0 Å². The maximum atomic E-state index is 12.9. The van der Waals surface area contributed by atoms with Crippen molar-refractivity contribution in [2.24, 2.45) is 0 Å². The summed E-state index contributed by atoms with van der Waals surface area (Å²) in [5.74, 6) is -0.804. The number of rotatable bonds is 7. The third-order valence-electron chi connectivity index (χ3n) is 4.67. The third kappa shape index (κ3) is 4.91. The summed E-state index contributed by atoms with van der Waals surface area (Å²) >= 11 is 5.87. The number of carbonyl (C=O) groups is 2.